The lowest BCUT2D eigenvalue weighted by molar-refractivity contribution is 0.316. The molecule has 0 unspecified atom stereocenters. The van der Waals surface area contributed by atoms with E-state index in [1.165, 1.54) is 0 Å². The maximum Gasteiger partial charge on any atom is 0.160 e. The number of nitrogens with two attached hydrogens (primary N) is 1. The van der Waals surface area contributed by atoms with Crippen molar-refractivity contribution in [2.24, 2.45) is 0 Å². The fourth-order valence-corrected chi connectivity index (χ4v) is 2.01. The number of aromatic nitrogens is 2. The van der Waals surface area contributed by atoms with E-state index in [1.54, 1.807) is 24.3 Å². The van der Waals surface area contributed by atoms with E-state index in [-0.39, 0.29) is 0 Å². The van der Waals surface area contributed by atoms with Crippen LogP contribution in [0.1, 0.15) is 0 Å². The summed E-state index contributed by atoms with van der Waals surface area (Å²) >= 11 is 11.8. The smallest absolute Gasteiger partial charge is 0.160 e. The van der Waals surface area contributed by atoms with Crippen LogP contribution in [0.25, 0.3) is 11.0 Å². The van der Waals surface area contributed by atoms with E-state index in [2.05, 4.69) is 15.6 Å². The maximum absolute atomic E-state index is 5.96. The zero-order chi connectivity index (χ0) is 13.4. The van der Waals surface area contributed by atoms with Crippen LogP contribution in [-0.4, -0.2) is 10.3 Å². The van der Waals surface area contributed by atoms with E-state index in [9.17, 15) is 0 Å². The number of anilines is 3. The molecule has 0 fully saturated rings. The van der Waals surface area contributed by atoms with Gasteiger partial charge in [0.1, 0.15) is 0 Å². The SMILES string of the molecule is Nc1ccc(Nc2ccc(Cl)c(Cl)c2)c2nonc12. The van der Waals surface area contributed by atoms with E-state index in [1.807, 2.05) is 6.07 Å². The van der Waals surface area contributed by atoms with E-state index >= 15 is 0 Å². The van der Waals surface area contributed by atoms with Crippen molar-refractivity contribution in [2.45, 2.75) is 0 Å². The Kier molecular flexibility index (Phi) is 2.93. The summed E-state index contributed by atoms with van der Waals surface area (Å²) in [6.07, 6.45) is 0. The van der Waals surface area contributed by atoms with Gasteiger partial charge in [0, 0.05) is 5.69 Å². The molecule has 0 aliphatic carbocycles. The zero-order valence-corrected chi connectivity index (χ0v) is 11.0. The van der Waals surface area contributed by atoms with Crippen molar-refractivity contribution in [3.8, 4) is 0 Å². The molecule has 3 aromatic rings. The van der Waals surface area contributed by atoms with Gasteiger partial charge < -0.3 is 11.1 Å². The largest absolute Gasteiger partial charge is 0.397 e. The van der Waals surface area contributed by atoms with Crippen molar-refractivity contribution in [3.05, 3.63) is 40.4 Å². The summed E-state index contributed by atoms with van der Waals surface area (Å²) in [7, 11) is 0. The van der Waals surface area contributed by atoms with Crippen molar-refractivity contribution in [2.75, 3.05) is 11.1 Å². The van der Waals surface area contributed by atoms with E-state index in [4.69, 9.17) is 33.6 Å². The average molecular weight is 295 g/mol. The first-order valence-corrected chi connectivity index (χ1v) is 6.13. The number of halogens is 2. The van der Waals surface area contributed by atoms with Crippen LogP contribution in [0, 0.1) is 0 Å². The van der Waals surface area contributed by atoms with Gasteiger partial charge in [0.2, 0.25) is 0 Å². The summed E-state index contributed by atoms with van der Waals surface area (Å²) < 4.78 is 4.70. The summed E-state index contributed by atoms with van der Waals surface area (Å²) in [6.45, 7) is 0. The highest BCUT2D eigenvalue weighted by atomic mass is 35.5. The van der Waals surface area contributed by atoms with Crippen LogP contribution in [-0.2, 0) is 0 Å². The van der Waals surface area contributed by atoms with Crippen molar-refractivity contribution >= 4 is 51.3 Å². The number of nitrogens with zero attached hydrogens (tertiary/aromatic N) is 2. The summed E-state index contributed by atoms with van der Waals surface area (Å²) in [5.41, 5.74) is 8.87. The van der Waals surface area contributed by atoms with E-state index in [0.717, 1.165) is 11.4 Å². The van der Waals surface area contributed by atoms with Gasteiger partial charge in [0.25, 0.3) is 0 Å². The average Bonchev–Trinajstić information content (AvgIpc) is 2.87. The molecule has 0 bridgehead atoms. The molecule has 0 aliphatic heterocycles. The number of nitrogen functional groups attached to an aromatic ring is 1. The Morgan fingerprint density at radius 2 is 1.79 bits per heavy atom. The molecule has 2 aromatic carbocycles. The van der Waals surface area contributed by atoms with Gasteiger partial charge in [-0.15, -0.1) is 0 Å². The predicted molar refractivity (Wildman–Crippen MR) is 76.0 cm³/mol. The molecule has 96 valence electrons. The molecule has 19 heavy (non-hydrogen) atoms. The summed E-state index contributed by atoms with van der Waals surface area (Å²) in [5, 5.41) is 11.7. The Bertz CT molecular complexity index is 757. The van der Waals surface area contributed by atoms with Crippen molar-refractivity contribution in [3.63, 3.8) is 0 Å². The Morgan fingerprint density at radius 3 is 2.58 bits per heavy atom. The highest BCUT2D eigenvalue weighted by Crippen LogP contribution is 2.30. The van der Waals surface area contributed by atoms with Gasteiger partial charge in [0.05, 0.1) is 21.4 Å². The number of rotatable bonds is 2. The third-order valence-electron chi connectivity index (χ3n) is 2.65. The van der Waals surface area contributed by atoms with Crippen LogP contribution in [0.2, 0.25) is 10.0 Å². The van der Waals surface area contributed by atoms with Gasteiger partial charge in [-0.25, -0.2) is 4.63 Å². The van der Waals surface area contributed by atoms with Gasteiger partial charge in [-0.1, -0.05) is 23.2 Å². The van der Waals surface area contributed by atoms with Gasteiger partial charge >= 0.3 is 0 Å². The minimum atomic E-state index is 0.469. The molecule has 0 saturated heterocycles. The molecule has 0 spiro atoms. The van der Waals surface area contributed by atoms with E-state index in [0.29, 0.717) is 26.8 Å². The van der Waals surface area contributed by atoms with Crippen LogP contribution in [0.4, 0.5) is 17.1 Å². The molecule has 5 nitrogen and oxygen atoms in total. The Hall–Kier alpha value is -1.98. The van der Waals surface area contributed by atoms with Crippen molar-refractivity contribution in [1.29, 1.82) is 0 Å². The molecule has 0 radical (unpaired) electrons. The number of hydrogen-bond donors (Lipinski definition) is 2. The van der Waals surface area contributed by atoms with Crippen molar-refractivity contribution < 1.29 is 4.63 Å². The highest BCUT2D eigenvalue weighted by molar-refractivity contribution is 6.42. The highest BCUT2D eigenvalue weighted by Gasteiger charge is 2.10. The molecule has 0 saturated carbocycles. The van der Waals surface area contributed by atoms with Gasteiger partial charge in [-0.05, 0) is 40.6 Å². The quantitative estimate of drug-likeness (QED) is 0.702. The Labute approximate surface area is 118 Å². The first kappa shape index (κ1) is 12.1. The first-order chi connectivity index (χ1) is 9.15. The summed E-state index contributed by atoms with van der Waals surface area (Å²) in [5.74, 6) is 0. The molecule has 7 heteroatoms. The molecular weight excluding hydrogens is 287 g/mol. The third kappa shape index (κ3) is 2.18. The molecule has 1 aromatic heterocycles. The molecule has 0 atom stereocenters. The number of hydrogen-bond acceptors (Lipinski definition) is 5. The van der Waals surface area contributed by atoms with Crippen LogP contribution in [0.5, 0.6) is 0 Å². The van der Waals surface area contributed by atoms with Gasteiger partial charge in [-0.3, -0.25) is 0 Å². The fraction of sp³-hybridized carbons (Fsp3) is 0. The molecular formula is C12H8Cl2N4O. The van der Waals surface area contributed by atoms with Crippen molar-refractivity contribution in [1.82, 2.24) is 10.3 Å². The van der Waals surface area contributed by atoms with E-state index < -0.39 is 0 Å². The van der Waals surface area contributed by atoms with Crippen LogP contribution < -0.4 is 11.1 Å². The first-order valence-electron chi connectivity index (χ1n) is 5.38. The lowest BCUT2D eigenvalue weighted by atomic mass is 10.2. The fourth-order valence-electron chi connectivity index (χ4n) is 1.72. The van der Waals surface area contributed by atoms with Gasteiger partial charge in [-0.2, -0.15) is 0 Å². The number of benzene rings is 2. The topological polar surface area (TPSA) is 77.0 Å². The minimum absolute atomic E-state index is 0.469. The molecule has 3 rings (SSSR count). The second-order valence-corrected chi connectivity index (χ2v) is 4.73. The Balaban J connectivity index is 2.03. The van der Waals surface area contributed by atoms with Gasteiger partial charge in [0.15, 0.2) is 11.0 Å². The predicted octanol–water partition coefficient (Wildman–Crippen LogP) is 3.86. The Morgan fingerprint density at radius 1 is 1.00 bits per heavy atom. The van der Waals surface area contributed by atoms with Crippen LogP contribution in [0.15, 0.2) is 35.0 Å². The number of nitrogens with one attached hydrogen (secondary N) is 1. The van der Waals surface area contributed by atoms with Crippen LogP contribution >= 0.6 is 23.2 Å². The number of fused-ring (bicyclic) bond motifs is 1. The zero-order valence-electron chi connectivity index (χ0n) is 9.52. The molecule has 0 aliphatic rings. The summed E-state index contributed by atoms with van der Waals surface area (Å²) in [4.78, 5) is 0. The molecule has 1 heterocycles. The summed E-state index contributed by atoms with van der Waals surface area (Å²) in [6, 6.07) is 8.77. The molecule has 3 N–H and O–H groups in total. The minimum Gasteiger partial charge on any atom is -0.397 e. The monoisotopic (exact) mass is 294 g/mol. The standard InChI is InChI=1S/C12H8Cl2N4O/c13-7-2-1-6(5-8(7)14)16-10-4-3-9(15)11-12(10)18-19-17-11/h1-5,16H,15H2. The second-order valence-electron chi connectivity index (χ2n) is 3.92. The molecule has 0 amide bonds. The lowest BCUT2D eigenvalue weighted by Gasteiger charge is -2.08. The second kappa shape index (κ2) is 4.60. The van der Waals surface area contributed by atoms with Crippen LogP contribution in [0.3, 0.4) is 0 Å². The third-order valence-corrected chi connectivity index (χ3v) is 3.38. The normalized spacial score (nSPS) is 10.8. The maximum atomic E-state index is 5.96. The lowest BCUT2D eigenvalue weighted by Crippen LogP contribution is -1.94.